The zero-order valence-corrected chi connectivity index (χ0v) is 9.13. The SMILES string of the molecule is N#Cc1cnc(N)nc1N1CC(CN)CC1=O. The van der Waals surface area contributed by atoms with Crippen LogP contribution in [-0.2, 0) is 4.79 Å². The molecule has 1 aromatic rings. The Balaban J connectivity index is 2.37. The molecule has 0 aliphatic carbocycles. The molecule has 17 heavy (non-hydrogen) atoms. The first-order valence-corrected chi connectivity index (χ1v) is 5.18. The summed E-state index contributed by atoms with van der Waals surface area (Å²) in [5.74, 6) is 0.337. The van der Waals surface area contributed by atoms with E-state index in [0.29, 0.717) is 19.5 Å². The summed E-state index contributed by atoms with van der Waals surface area (Å²) < 4.78 is 0. The van der Waals surface area contributed by atoms with Gasteiger partial charge in [-0.05, 0) is 12.5 Å². The predicted octanol–water partition coefficient (Wildman–Crippen LogP) is -0.758. The molecule has 1 atom stereocenters. The van der Waals surface area contributed by atoms with Gasteiger partial charge in [0.2, 0.25) is 11.9 Å². The van der Waals surface area contributed by atoms with Crippen molar-refractivity contribution in [3.8, 4) is 6.07 Å². The highest BCUT2D eigenvalue weighted by Gasteiger charge is 2.32. The molecule has 1 aromatic heterocycles. The summed E-state index contributed by atoms with van der Waals surface area (Å²) in [5.41, 5.74) is 11.2. The maximum atomic E-state index is 11.8. The van der Waals surface area contributed by atoms with Crippen molar-refractivity contribution in [1.29, 1.82) is 5.26 Å². The Kier molecular flexibility index (Phi) is 2.89. The van der Waals surface area contributed by atoms with E-state index in [2.05, 4.69) is 9.97 Å². The highest BCUT2D eigenvalue weighted by Crippen LogP contribution is 2.25. The molecule has 2 rings (SSSR count). The summed E-state index contributed by atoms with van der Waals surface area (Å²) in [7, 11) is 0. The molecule has 4 N–H and O–H groups in total. The fourth-order valence-corrected chi connectivity index (χ4v) is 1.81. The van der Waals surface area contributed by atoms with Gasteiger partial charge >= 0.3 is 0 Å². The molecule has 88 valence electrons. The largest absolute Gasteiger partial charge is 0.368 e. The number of anilines is 2. The molecular weight excluding hydrogens is 220 g/mol. The second-order valence-electron chi connectivity index (χ2n) is 3.89. The Morgan fingerprint density at radius 2 is 2.41 bits per heavy atom. The first-order chi connectivity index (χ1) is 8.15. The Labute approximate surface area is 98.0 Å². The molecular formula is C10H12N6O. The van der Waals surface area contributed by atoms with E-state index in [-0.39, 0.29) is 29.2 Å². The molecule has 1 saturated heterocycles. The normalized spacial score (nSPS) is 19.4. The number of nitriles is 1. The fraction of sp³-hybridized carbons (Fsp3) is 0.400. The highest BCUT2D eigenvalue weighted by atomic mass is 16.2. The van der Waals surface area contributed by atoms with Gasteiger partial charge in [-0.2, -0.15) is 10.2 Å². The molecule has 7 nitrogen and oxygen atoms in total. The lowest BCUT2D eigenvalue weighted by Gasteiger charge is -2.16. The van der Waals surface area contributed by atoms with E-state index >= 15 is 0 Å². The average Bonchev–Trinajstić information content (AvgIpc) is 2.70. The van der Waals surface area contributed by atoms with Crippen LogP contribution in [0.2, 0.25) is 0 Å². The lowest BCUT2D eigenvalue weighted by atomic mass is 10.1. The Morgan fingerprint density at radius 1 is 1.65 bits per heavy atom. The molecule has 0 bridgehead atoms. The number of carbonyl (C=O) groups excluding carboxylic acids is 1. The summed E-state index contributed by atoms with van der Waals surface area (Å²) in [6.07, 6.45) is 1.70. The number of amides is 1. The second kappa shape index (κ2) is 4.35. The molecule has 1 aliphatic rings. The minimum Gasteiger partial charge on any atom is -0.368 e. The van der Waals surface area contributed by atoms with Gasteiger partial charge in [0, 0.05) is 13.0 Å². The average molecular weight is 232 g/mol. The smallest absolute Gasteiger partial charge is 0.228 e. The molecule has 0 aromatic carbocycles. The van der Waals surface area contributed by atoms with E-state index in [1.165, 1.54) is 11.1 Å². The van der Waals surface area contributed by atoms with Crippen molar-refractivity contribution in [3.05, 3.63) is 11.8 Å². The summed E-state index contributed by atoms with van der Waals surface area (Å²) in [5, 5.41) is 8.95. The number of rotatable bonds is 2. The Morgan fingerprint density at radius 3 is 3.00 bits per heavy atom. The minimum atomic E-state index is -0.0879. The second-order valence-corrected chi connectivity index (χ2v) is 3.89. The van der Waals surface area contributed by atoms with Crippen LogP contribution >= 0.6 is 0 Å². The van der Waals surface area contributed by atoms with Crippen molar-refractivity contribution in [2.75, 3.05) is 23.7 Å². The van der Waals surface area contributed by atoms with Gasteiger partial charge in [0.05, 0.1) is 6.20 Å². The first-order valence-electron chi connectivity index (χ1n) is 5.18. The topological polar surface area (TPSA) is 122 Å². The summed E-state index contributed by atoms with van der Waals surface area (Å²) in [6.45, 7) is 0.908. The monoisotopic (exact) mass is 232 g/mol. The predicted molar refractivity (Wildman–Crippen MR) is 60.7 cm³/mol. The first kappa shape index (κ1) is 11.3. The van der Waals surface area contributed by atoms with Crippen LogP contribution in [0.25, 0.3) is 0 Å². The number of hydrogen-bond donors (Lipinski definition) is 2. The van der Waals surface area contributed by atoms with E-state index in [0.717, 1.165) is 0 Å². The zero-order chi connectivity index (χ0) is 12.4. The minimum absolute atomic E-state index is 0.0444. The summed E-state index contributed by atoms with van der Waals surface area (Å²) in [4.78, 5) is 20.9. The van der Waals surface area contributed by atoms with Crippen LogP contribution in [0, 0.1) is 17.2 Å². The third kappa shape index (κ3) is 2.03. The van der Waals surface area contributed by atoms with Gasteiger partial charge in [0.1, 0.15) is 11.6 Å². The maximum Gasteiger partial charge on any atom is 0.228 e. The van der Waals surface area contributed by atoms with Crippen molar-refractivity contribution < 1.29 is 4.79 Å². The van der Waals surface area contributed by atoms with E-state index < -0.39 is 0 Å². The Hall–Kier alpha value is -2.20. The van der Waals surface area contributed by atoms with Crippen LogP contribution in [0.5, 0.6) is 0 Å². The van der Waals surface area contributed by atoms with Gasteiger partial charge in [-0.15, -0.1) is 0 Å². The van der Waals surface area contributed by atoms with Gasteiger partial charge in [0.15, 0.2) is 5.82 Å². The van der Waals surface area contributed by atoms with Crippen molar-refractivity contribution in [3.63, 3.8) is 0 Å². The van der Waals surface area contributed by atoms with Crippen LogP contribution < -0.4 is 16.4 Å². The van der Waals surface area contributed by atoms with Gasteiger partial charge in [-0.25, -0.2) is 4.98 Å². The molecule has 1 unspecified atom stereocenters. The molecule has 1 amide bonds. The lowest BCUT2D eigenvalue weighted by molar-refractivity contribution is -0.117. The van der Waals surface area contributed by atoms with E-state index in [1.807, 2.05) is 6.07 Å². The number of nitrogens with zero attached hydrogens (tertiary/aromatic N) is 4. The number of carbonyl (C=O) groups is 1. The maximum absolute atomic E-state index is 11.8. The van der Waals surface area contributed by atoms with Crippen LogP contribution in [0.15, 0.2) is 6.20 Å². The molecule has 0 radical (unpaired) electrons. The quantitative estimate of drug-likeness (QED) is 0.691. The summed E-state index contributed by atoms with van der Waals surface area (Å²) in [6, 6.07) is 1.95. The van der Waals surface area contributed by atoms with Crippen LogP contribution in [-0.4, -0.2) is 29.0 Å². The van der Waals surface area contributed by atoms with Gasteiger partial charge in [0.25, 0.3) is 0 Å². The fourth-order valence-electron chi connectivity index (χ4n) is 1.81. The molecule has 1 aliphatic heterocycles. The van der Waals surface area contributed by atoms with Crippen LogP contribution in [0.3, 0.4) is 0 Å². The van der Waals surface area contributed by atoms with Crippen molar-refractivity contribution in [1.82, 2.24) is 9.97 Å². The van der Waals surface area contributed by atoms with Crippen LogP contribution in [0.4, 0.5) is 11.8 Å². The lowest BCUT2D eigenvalue weighted by Crippen LogP contribution is -2.28. The third-order valence-electron chi connectivity index (χ3n) is 2.70. The van der Waals surface area contributed by atoms with Gasteiger partial charge < -0.3 is 11.5 Å². The molecule has 0 saturated carbocycles. The van der Waals surface area contributed by atoms with Gasteiger partial charge in [-0.1, -0.05) is 0 Å². The Bertz CT molecular complexity index is 494. The van der Waals surface area contributed by atoms with E-state index in [1.54, 1.807) is 0 Å². The molecule has 2 heterocycles. The van der Waals surface area contributed by atoms with Crippen LogP contribution in [0.1, 0.15) is 12.0 Å². The number of nitrogen functional groups attached to an aromatic ring is 1. The summed E-state index contributed by atoms with van der Waals surface area (Å²) >= 11 is 0. The number of hydrogen-bond acceptors (Lipinski definition) is 6. The third-order valence-corrected chi connectivity index (χ3v) is 2.70. The highest BCUT2D eigenvalue weighted by molar-refractivity contribution is 5.96. The molecule has 7 heteroatoms. The number of aromatic nitrogens is 2. The standard InChI is InChI=1S/C10H12N6O/c11-2-6-1-8(17)16(5-6)9-7(3-12)4-14-10(13)15-9/h4,6H,1-2,5,11H2,(H2,13,14,15). The zero-order valence-electron chi connectivity index (χ0n) is 9.13. The van der Waals surface area contributed by atoms with Crippen molar-refractivity contribution in [2.24, 2.45) is 11.7 Å². The number of nitrogens with two attached hydrogens (primary N) is 2. The van der Waals surface area contributed by atoms with Crippen molar-refractivity contribution >= 4 is 17.7 Å². The van der Waals surface area contributed by atoms with E-state index in [9.17, 15) is 4.79 Å². The van der Waals surface area contributed by atoms with E-state index in [4.69, 9.17) is 16.7 Å². The van der Waals surface area contributed by atoms with Crippen molar-refractivity contribution in [2.45, 2.75) is 6.42 Å². The van der Waals surface area contributed by atoms with Gasteiger partial charge in [-0.3, -0.25) is 9.69 Å². The molecule has 1 fully saturated rings. The molecule has 0 spiro atoms.